The van der Waals surface area contributed by atoms with E-state index >= 15 is 0 Å². The molecule has 2 aromatic carbocycles. The van der Waals surface area contributed by atoms with Crippen molar-refractivity contribution in [1.82, 2.24) is 10.3 Å². The monoisotopic (exact) mass is 396 g/mol. The number of carboxylic acids is 1. The fraction of sp³-hybridized carbons (Fsp3) is 0.391. The Hall–Kier alpha value is -2.86. The zero-order chi connectivity index (χ0) is 21.0. The van der Waals surface area contributed by atoms with Crippen LogP contribution in [0.15, 0.2) is 52.9 Å². The Morgan fingerprint density at radius 2 is 1.86 bits per heavy atom. The van der Waals surface area contributed by atoms with Crippen LogP contribution in [0.4, 0.5) is 0 Å². The molecule has 154 valence electrons. The molecule has 2 unspecified atom stereocenters. The van der Waals surface area contributed by atoms with Gasteiger partial charge in [0.2, 0.25) is 5.89 Å². The maximum Gasteiger partial charge on any atom is 0.347 e. The number of nitrogens with one attached hydrogen (secondary N) is 1. The van der Waals surface area contributed by atoms with E-state index in [4.69, 9.17) is 9.15 Å². The van der Waals surface area contributed by atoms with Gasteiger partial charge in [-0.15, -0.1) is 0 Å². The van der Waals surface area contributed by atoms with Gasteiger partial charge in [-0.25, -0.2) is 9.78 Å². The van der Waals surface area contributed by atoms with Crippen molar-refractivity contribution in [2.45, 2.75) is 58.2 Å². The van der Waals surface area contributed by atoms with E-state index in [1.54, 1.807) is 6.07 Å². The van der Waals surface area contributed by atoms with Gasteiger partial charge in [0.1, 0.15) is 11.3 Å². The number of carboxylic acid groups (broad SMARTS) is 1. The number of benzene rings is 2. The Balaban J connectivity index is 1.81. The highest BCUT2D eigenvalue weighted by atomic mass is 16.5. The summed E-state index contributed by atoms with van der Waals surface area (Å²) in [6, 6.07) is 15.3. The first kappa shape index (κ1) is 20.9. The highest BCUT2D eigenvalue weighted by molar-refractivity contribution is 5.76. The minimum Gasteiger partial charge on any atom is -0.478 e. The number of rotatable bonds is 9. The predicted octanol–water partition coefficient (Wildman–Crippen LogP) is 5.26. The van der Waals surface area contributed by atoms with Crippen LogP contribution in [0.3, 0.4) is 0 Å². The van der Waals surface area contributed by atoms with E-state index in [0.29, 0.717) is 11.6 Å². The second kappa shape index (κ2) is 8.66. The normalized spacial score (nSPS) is 13.9. The molecule has 0 amide bonds. The molecule has 2 N–H and O–H groups in total. The molecule has 0 aliphatic heterocycles. The summed E-state index contributed by atoms with van der Waals surface area (Å²) in [5.41, 5.74) is 1.36. The van der Waals surface area contributed by atoms with Crippen molar-refractivity contribution >= 4 is 17.1 Å². The summed E-state index contributed by atoms with van der Waals surface area (Å²) < 4.78 is 11.7. The molecule has 1 heterocycles. The third kappa shape index (κ3) is 4.77. The van der Waals surface area contributed by atoms with Crippen molar-refractivity contribution in [1.29, 1.82) is 0 Å². The van der Waals surface area contributed by atoms with Gasteiger partial charge in [-0.1, -0.05) is 38.1 Å². The van der Waals surface area contributed by atoms with Crippen LogP contribution in [0.5, 0.6) is 5.75 Å². The summed E-state index contributed by atoms with van der Waals surface area (Å²) in [5, 5.41) is 12.9. The van der Waals surface area contributed by atoms with Crippen LogP contribution in [0, 0.1) is 0 Å². The lowest BCUT2D eigenvalue weighted by Crippen LogP contribution is -2.37. The highest BCUT2D eigenvalue weighted by Gasteiger charge is 2.29. The third-order valence-electron chi connectivity index (χ3n) is 4.98. The van der Waals surface area contributed by atoms with Crippen LogP contribution >= 0.6 is 0 Å². The second-order valence-electron chi connectivity index (χ2n) is 7.60. The number of aliphatic carboxylic acids is 1. The summed E-state index contributed by atoms with van der Waals surface area (Å²) in [4.78, 5) is 16.0. The maximum absolute atomic E-state index is 11.4. The number of carbonyl (C=O) groups is 1. The SMILES string of the molecule is CCC(NC(CC)c1nc2ccccc2o1)c1cccc(OC(C)(C)C(=O)O)c1. The van der Waals surface area contributed by atoms with E-state index in [9.17, 15) is 9.90 Å². The topological polar surface area (TPSA) is 84.6 Å². The smallest absolute Gasteiger partial charge is 0.347 e. The molecule has 2 atom stereocenters. The minimum atomic E-state index is -1.29. The summed E-state index contributed by atoms with van der Waals surface area (Å²) in [7, 11) is 0. The second-order valence-corrected chi connectivity index (χ2v) is 7.60. The fourth-order valence-corrected chi connectivity index (χ4v) is 3.23. The quantitative estimate of drug-likeness (QED) is 0.513. The van der Waals surface area contributed by atoms with Gasteiger partial charge >= 0.3 is 5.97 Å². The summed E-state index contributed by atoms with van der Waals surface area (Å²) in [6.45, 7) is 7.27. The van der Waals surface area contributed by atoms with Crippen LogP contribution in [0.1, 0.15) is 64.1 Å². The Bertz CT molecular complexity index is 947. The van der Waals surface area contributed by atoms with Gasteiger partial charge in [0.05, 0.1) is 6.04 Å². The van der Waals surface area contributed by atoms with Gasteiger partial charge in [0, 0.05) is 6.04 Å². The molecule has 0 radical (unpaired) electrons. The summed E-state index contributed by atoms with van der Waals surface area (Å²) in [5.74, 6) is 0.201. The minimum absolute atomic E-state index is 0.0348. The first-order valence-corrected chi connectivity index (χ1v) is 9.98. The van der Waals surface area contributed by atoms with Gasteiger partial charge in [-0.2, -0.15) is 0 Å². The van der Waals surface area contributed by atoms with Crippen molar-refractivity contribution in [2.75, 3.05) is 0 Å². The molecule has 0 aliphatic carbocycles. The molecule has 0 saturated carbocycles. The molecule has 3 rings (SSSR count). The van der Waals surface area contributed by atoms with Crippen molar-refractivity contribution in [3.63, 3.8) is 0 Å². The third-order valence-corrected chi connectivity index (χ3v) is 4.98. The van der Waals surface area contributed by atoms with Gasteiger partial charge in [-0.05, 0) is 56.5 Å². The highest BCUT2D eigenvalue weighted by Crippen LogP contribution is 2.29. The maximum atomic E-state index is 11.4. The molecule has 0 saturated heterocycles. The van der Waals surface area contributed by atoms with E-state index in [1.807, 2.05) is 42.5 Å². The number of aromatic nitrogens is 1. The van der Waals surface area contributed by atoms with Gasteiger partial charge in [0.15, 0.2) is 11.2 Å². The number of hydrogen-bond acceptors (Lipinski definition) is 5. The number of nitrogens with zero attached hydrogens (tertiary/aromatic N) is 1. The lowest BCUT2D eigenvalue weighted by Gasteiger charge is -2.25. The van der Waals surface area contributed by atoms with Crippen molar-refractivity contribution in [3.05, 3.63) is 60.0 Å². The molecule has 0 bridgehead atoms. The number of para-hydroxylation sites is 2. The van der Waals surface area contributed by atoms with Crippen molar-refractivity contribution in [3.8, 4) is 5.75 Å². The Morgan fingerprint density at radius 1 is 1.14 bits per heavy atom. The Labute approximate surface area is 170 Å². The first-order valence-electron chi connectivity index (χ1n) is 9.98. The standard InChI is InChI=1S/C23H28N2O4/c1-5-17(15-10-9-11-16(14-15)29-23(3,4)22(26)27)24-18(6-2)21-25-19-12-7-8-13-20(19)28-21/h7-14,17-18,24H,5-6H2,1-4H3,(H,26,27). The molecule has 3 aromatic rings. The van der Waals surface area contributed by atoms with Crippen molar-refractivity contribution in [2.24, 2.45) is 0 Å². The van der Waals surface area contributed by atoms with Gasteiger partial charge in [-0.3, -0.25) is 5.32 Å². The number of hydrogen-bond donors (Lipinski definition) is 2. The zero-order valence-corrected chi connectivity index (χ0v) is 17.3. The van der Waals surface area contributed by atoms with Crippen LogP contribution < -0.4 is 10.1 Å². The molecule has 1 aromatic heterocycles. The predicted molar refractivity (Wildman–Crippen MR) is 112 cm³/mol. The molecular formula is C23H28N2O4. The van der Waals surface area contributed by atoms with E-state index in [2.05, 4.69) is 24.1 Å². The van der Waals surface area contributed by atoms with Crippen LogP contribution in [0.25, 0.3) is 11.1 Å². The average Bonchev–Trinajstić information content (AvgIpc) is 3.12. The van der Waals surface area contributed by atoms with Gasteiger partial charge in [0.25, 0.3) is 0 Å². The number of ether oxygens (including phenoxy) is 1. The lowest BCUT2D eigenvalue weighted by atomic mass is 10.0. The molecule has 0 aliphatic rings. The van der Waals surface area contributed by atoms with E-state index in [1.165, 1.54) is 13.8 Å². The van der Waals surface area contributed by atoms with E-state index < -0.39 is 11.6 Å². The largest absolute Gasteiger partial charge is 0.478 e. The molecule has 29 heavy (non-hydrogen) atoms. The molecular weight excluding hydrogens is 368 g/mol. The van der Waals surface area contributed by atoms with E-state index in [-0.39, 0.29) is 12.1 Å². The molecule has 6 nitrogen and oxygen atoms in total. The van der Waals surface area contributed by atoms with Crippen molar-refractivity contribution < 1.29 is 19.1 Å². The van der Waals surface area contributed by atoms with Gasteiger partial charge < -0.3 is 14.3 Å². The van der Waals surface area contributed by atoms with Crippen LogP contribution in [-0.4, -0.2) is 21.7 Å². The Morgan fingerprint density at radius 3 is 2.52 bits per heavy atom. The molecule has 0 spiro atoms. The average molecular weight is 396 g/mol. The van der Waals surface area contributed by atoms with Crippen LogP contribution in [-0.2, 0) is 4.79 Å². The number of fused-ring (bicyclic) bond motifs is 1. The fourth-order valence-electron chi connectivity index (χ4n) is 3.23. The Kier molecular flexibility index (Phi) is 6.23. The first-order chi connectivity index (χ1) is 13.8. The lowest BCUT2D eigenvalue weighted by molar-refractivity contribution is -0.152. The van der Waals surface area contributed by atoms with E-state index in [0.717, 1.165) is 29.5 Å². The summed E-state index contributed by atoms with van der Waals surface area (Å²) in [6.07, 6.45) is 1.67. The molecule has 0 fully saturated rings. The molecule has 6 heteroatoms. The summed E-state index contributed by atoms with van der Waals surface area (Å²) >= 11 is 0. The zero-order valence-electron chi connectivity index (χ0n) is 17.3. The van der Waals surface area contributed by atoms with Crippen LogP contribution in [0.2, 0.25) is 0 Å². The number of oxazole rings is 1.